The minimum atomic E-state index is -1.21. The topological polar surface area (TPSA) is 168 Å². The van der Waals surface area contributed by atoms with Gasteiger partial charge in [-0.1, -0.05) is 92.7 Å². The molecule has 3 aromatic carbocycles. The van der Waals surface area contributed by atoms with Crippen molar-refractivity contribution < 1.29 is 38.6 Å². The highest BCUT2D eigenvalue weighted by atomic mass is 32.2. The van der Waals surface area contributed by atoms with Gasteiger partial charge in [-0.2, -0.15) is 11.8 Å². The third-order valence-corrected chi connectivity index (χ3v) is 10.8. The van der Waals surface area contributed by atoms with Crippen LogP contribution in [0.3, 0.4) is 0 Å². The minimum Gasteiger partial charge on any atom is -0.480 e. The first-order chi connectivity index (χ1) is 27.0. The third-order valence-electron chi connectivity index (χ3n) is 10.1. The van der Waals surface area contributed by atoms with Crippen LogP contribution in [0.25, 0.3) is 11.1 Å². The van der Waals surface area contributed by atoms with Crippen LogP contribution in [-0.2, 0) is 35.1 Å². The summed E-state index contributed by atoms with van der Waals surface area (Å²) in [5.41, 5.74) is 5.30. The molecule has 0 aliphatic heterocycles. The van der Waals surface area contributed by atoms with Gasteiger partial charge in [0, 0.05) is 37.1 Å². The normalized spacial score (nSPS) is 14.1. The number of rotatable bonds is 24. The van der Waals surface area contributed by atoms with Crippen LogP contribution in [0.2, 0.25) is 0 Å². The Morgan fingerprint density at radius 2 is 1.41 bits per heavy atom. The number of hydrogen-bond donors (Lipinski definition) is 4. The van der Waals surface area contributed by atoms with Gasteiger partial charge >= 0.3 is 12.1 Å². The van der Waals surface area contributed by atoms with E-state index < -0.39 is 41.9 Å². The van der Waals surface area contributed by atoms with Gasteiger partial charge in [-0.25, -0.2) is 9.59 Å². The molecule has 0 fully saturated rings. The smallest absolute Gasteiger partial charge is 0.407 e. The number of benzene rings is 3. The molecule has 1 aliphatic rings. The van der Waals surface area contributed by atoms with Crippen molar-refractivity contribution in [3.05, 3.63) is 95.6 Å². The molecule has 0 saturated carbocycles. The monoisotopic (exact) mass is 785 g/mol. The third kappa shape index (κ3) is 13.1. The molecule has 4 N–H and O–H groups in total. The molecule has 300 valence electrons. The van der Waals surface area contributed by atoms with Gasteiger partial charge in [-0.3, -0.25) is 14.4 Å². The van der Waals surface area contributed by atoms with E-state index in [1.165, 1.54) is 0 Å². The van der Waals surface area contributed by atoms with Crippen molar-refractivity contribution in [3.63, 3.8) is 0 Å². The number of unbranched alkanes of at least 4 members (excludes halogenated alkanes) is 1. The molecule has 11 nitrogen and oxygen atoms in total. The number of aliphatic carboxylic acids is 1. The lowest BCUT2D eigenvalue weighted by Crippen LogP contribution is -2.48. The number of thioether (sulfide) groups is 1. The number of carbonyl (C=O) groups is 6. The molecular weight excluding hydrogens is 731 g/mol. The first-order valence-electron chi connectivity index (χ1n) is 19.4. The lowest BCUT2D eigenvalue weighted by Gasteiger charge is -2.25. The van der Waals surface area contributed by atoms with Gasteiger partial charge in [0.2, 0.25) is 11.8 Å². The van der Waals surface area contributed by atoms with Gasteiger partial charge in [0.25, 0.3) is 0 Å². The van der Waals surface area contributed by atoms with Crippen molar-refractivity contribution in [3.8, 4) is 11.1 Å². The van der Waals surface area contributed by atoms with Crippen LogP contribution < -0.4 is 16.0 Å². The van der Waals surface area contributed by atoms with E-state index in [9.17, 15) is 33.9 Å². The molecule has 0 aromatic heterocycles. The van der Waals surface area contributed by atoms with E-state index in [1.54, 1.807) is 11.8 Å². The summed E-state index contributed by atoms with van der Waals surface area (Å²) in [6.45, 7) is 4.31. The van der Waals surface area contributed by atoms with E-state index in [1.807, 2.05) is 86.8 Å². The van der Waals surface area contributed by atoms with Gasteiger partial charge in [-0.15, -0.1) is 0 Å². The Balaban J connectivity index is 1.31. The number of carbonyl (C=O) groups excluding carboxylic acids is 5. The van der Waals surface area contributed by atoms with Crippen LogP contribution >= 0.6 is 11.8 Å². The van der Waals surface area contributed by atoms with E-state index in [2.05, 4.69) is 28.1 Å². The number of nitrogens with one attached hydrogen (secondary N) is 3. The highest BCUT2D eigenvalue weighted by molar-refractivity contribution is 7.98. The Labute approximate surface area is 334 Å². The predicted molar refractivity (Wildman–Crippen MR) is 218 cm³/mol. The summed E-state index contributed by atoms with van der Waals surface area (Å²) in [4.78, 5) is 77.0. The lowest BCUT2D eigenvalue weighted by atomic mass is 9.88. The molecular formula is C44H55N3O8S. The number of ketones is 1. The van der Waals surface area contributed by atoms with Gasteiger partial charge in [-0.05, 0) is 84.3 Å². The maximum absolute atomic E-state index is 13.8. The summed E-state index contributed by atoms with van der Waals surface area (Å²) in [6.07, 6.45) is 3.91. The summed E-state index contributed by atoms with van der Waals surface area (Å²) >= 11 is 1.57. The van der Waals surface area contributed by atoms with Gasteiger partial charge in [0.05, 0.1) is 6.04 Å². The van der Waals surface area contributed by atoms with Crippen molar-refractivity contribution in [2.24, 2.45) is 17.8 Å². The van der Waals surface area contributed by atoms with Crippen molar-refractivity contribution in [2.45, 2.75) is 83.2 Å². The van der Waals surface area contributed by atoms with Crippen molar-refractivity contribution in [1.29, 1.82) is 0 Å². The molecule has 4 rings (SSSR count). The summed E-state index contributed by atoms with van der Waals surface area (Å²) in [6, 6.07) is 23.3. The molecule has 0 bridgehead atoms. The second-order valence-electron chi connectivity index (χ2n) is 14.8. The van der Waals surface area contributed by atoms with E-state index in [0.717, 1.165) is 27.8 Å². The zero-order valence-electron chi connectivity index (χ0n) is 32.5. The Bertz CT molecular complexity index is 1740. The number of carboxylic acid groups (broad SMARTS) is 1. The fraction of sp³-hybridized carbons (Fsp3) is 0.455. The molecule has 3 amide bonds. The number of Topliss-reactive ketones (excluding diaryl/α,β-unsaturated/α-hetero) is 1. The van der Waals surface area contributed by atoms with Gasteiger partial charge in [0.15, 0.2) is 5.78 Å². The second kappa shape index (κ2) is 22.6. The van der Waals surface area contributed by atoms with Crippen LogP contribution in [0.5, 0.6) is 0 Å². The van der Waals surface area contributed by atoms with Crippen LogP contribution in [0.1, 0.15) is 81.4 Å². The number of fused-ring (bicyclic) bond motifs is 3. The number of ether oxygens (including phenoxy) is 1. The highest BCUT2D eigenvalue weighted by Gasteiger charge is 2.32. The fourth-order valence-corrected chi connectivity index (χ4v) is 7.69. The summed E-state index contributed by atoms with van der Waals surface area (Å²) in [5, 5.41) is 18.3. The van der Waals surface area contributed by atoms with Crippen molar-refractivity contribution >= 4 is 47.7 Å². The molecule has 1 aliphatic carbocycles. The van der Waals surface area contributed by atoms with Crippen LogP contribution in [0, 0.1) is 17.8 Å². The number of amides is 3. The molecule has 0 radical (unpaired) electrons. The summed E-state index contributed by atoms with van der Waals surface area (Å²) in [5.74, 6) is -3.25. The lowest BCUT2D eigenvalue weighted by molar-refractivity contribution is -0.143. The van der Waals surface area contributed by atoms with Crippen LogP contribution in [-0.4, -0.2) is 78.3 Å². The molecule has 4 atom stereocenters. The molecule has 3 aromatic rings. The molecule has 0 heterocycles. The molecule has 12 heteroatoms. The maximum Gasteiger partial charge on any atom is 0.407 e. The number of carboxylic acids is 1. The van der Waals surface area contributed by atoms with Crippen molar-refractivity contribution in [2.75, 3.05) is 25.2 Å². The zero-order chi connectivity index (χ0) is 40.5. The predicted octanol–water partition coefficient (Wildman–Crippen LogP) is 6.57. The summed E-state index contributed by atoms with van der Waals surface area (Å²) in [7, 11) is 0. The minimum absolute atomic E-state index is 0.0517. The first kappa shape index (κ1) is 43.8. The first-order valence-corrected chi connectivity index (χ1v) is 20.8. The SMILES string of the molecule is CSCC[C@H](CC=O)C(=O)N[C@@H](CC(C)C)C(=O)C[C@@H](Cc1ccccc1)C(=O)N[C@@H](CCCCNC(=O)OCC1c2ccccc2-c2ccccc21)C(=O)O. The molecule has 0 unspecified atom stereocenters. The highest BCUT2D eigenvalue weighted by Crippen LogP contribution is 2.44. The molecule has 56 heavy (non-hydrogen) atoms. The average Bonchev–Trinajstić information content (AvgIpc) is 3.50. The number of hydrogen-bond acceptors (Lipinski definition) is 8. The Hall–Kier alpha value is -4.97. The van der Waals surface area contributed by atoms with Crippen molar-refractivity contribution in [1.82, 2.24) is 16.0 Å². The average molecular weight is 786 g/mol. The Morgan fingerprint density at radius 1 is 0.804 bits per heavy atom. The fourth-order valence-electron chi connectivity index (χ4n) is 7.17. The number of alkyl carbamates (subject to hydrolysis) is 1. The van der Waals surface area contributed by atoms with E-state index in [-0.39, 0.29) is 62.4 Å². The Kier molecular flexibility index (Phi) is 17.6. The maximum atomic E-state index is 13.8. The van der Waals surface area contributed by atoms with E-state index in [4.69, 9.17) is 4.74 Å². The standard InChI is InChI=1S/C44H55N3O8S/c1-29(2)25-39(47-41(50)31(20-23-48)21-24-56-3)40(49)27-32(26-30-13-5-4-6-14-30)42(51)46-38(43(52)53)19-11-12-22-45-44(54)55-28-37-35-17-9-7-15-33(35)34-16-8-10-18-36(34)37/h4-10,13-18,23,29,31-32,37-39H,11-12,19-22,24-28H2,1-3H3,(H,45,54)(H,46,51)(H,47,50)(H,52,53)/t31-,32+,38-,39-/m0/s1. The quantitative estimate of drug-likeness (QED) is 0.0580. The number of aldehydes is 1. The molecule has 0 saturated heterocycles. The Morgan fingerprint density at radius 3 is 2.02 bits per heavy atom. The van der Waals surface area contributed by atoms with E-state index >= 15 is 0 Å². The van der Waals surface area contributed by atoms with E-state index in [0.29, 0.717) is 37.7 Å². The second-order valence-corrected chi connectivity index (χ2v) is 15.8. The summed E-state index contributed by atoms with van der Waals surface area (Å²) < 4.78 is 5.60. The van der Waals surface area contributed by atoms with Crippen LogP contribution in [0.15, 0.2) is 78.9 Å². The van der Waals surface area contributed by atoms with Crippen LogP contribution in [0.4, 0.5) is 4.79 Å². The van der Waals surface area contributed by atoms with Gasteiger partial charge in [0.1, 0.15) is 18.9 Å². The molecule has 0 spiro atoms. The van der Waals surface area contributed by atoms with Gasteiger partial charge < -0.3 is 30.6 Å². The zero-order valence-corrected chi connectivity index (χ0v) is 33.4. The largest absolute Gasteiger partial charge is 0.480 e.